The first-order valence-electron chi connectivity index (χ1n) is 23.9. The highest BCUT2D eigenvalue weighted by Crippen LogP contribution is 2.66. The van der Waals surface area contributed by atoms with Gasteiger partial charge in [0, 0.05) is 29.7 Å². The quantitative estimate of drug-likeness (QED) is 0.0208. The molecule has 5 atom stereocenters. The van der Waals surface area contributed by atoms with Gasteiger partial charge in [0.05, 0.1) is 60.6 Å². The zero-order chi connectivity index (χ0) is 51.5. The fourth-order valence-corrected chi connectivity index (χ4v) is 12.8. The van der Waals surface area contributed by atoms with Crippen molar-refractivity contribution < 1.29 is 40.0 Å². The standard InChI is InChI=1S/C52H80F4N4O4S3/c1-15-21-32-64-44-42(55)40(53)39(41(54)43(44)56)38(34-48(9,16-2)47(7,8)36-57)52(19-5,20-6)49(10,17-3)35-50(11,51(12,18-4)66-45(65)37-27-23-22-24-28-37)46(61)59-29-25-30-60(13,14)31-26-33-67(58,62)63/h15,22-24,27-28,38H,1,16-21,25-26,29-35H2,2-14H3,(H2-,58,59,61,62,63)/p+1. The van der Waals surface area contributed by atoms with Gasteiger partial charge in [0.2, 0.25) is 27.6 Å². The number of nitrogens with zero attached hydrogens (tertiary/aromatic N) is 2. The molecule has 3 N–H and O–H groups in total. The maximum absolute atomic E-state index is 17.1. The molecular formula is C52H81F4N4O4S3+. The number of thioether (sulfide) groups is 1. The number of hydrogen-bond acceptors (Lipinski definition) is 7. The number of rotatable bonds is 29. The molecule has 1 amide bonds. The van der Waals surface area contributed by atoms with Crippen molar-refractivity contribution in [2.24, 2.45) is 32.2 Å². The molecule has 0 saturated heterocycles. The Morgan fingerprint density at radius 2 is 1.43 bits per heavy atom. The van der Waals surface area contributed by atoms with E-state index in [1.54, 1.807) is 13.8 Å². The lowest BCUT2D eigenvalue weighted by Crippen LogP contribution is -2.57. The van der Waals surface area contributed by atoms with Crippen LogP contribution in [0.4, 0.5) is 17.6 Å². The van der Waals surface area contributed by atoms with Crippen LogP contribution in [-0.4, -0.2) is 73.8 Å². The number of nitrogens with one attached hydrogen (secondary N) is 1. The van der Waals surface area contributed by atoms with E-state index in [0.717, 1.165) is 5.56 Å². The number of nitriles is 1. The number of nitrogens with two attached hydrogens (primary N) is 1. The van der Waals surface area contributed by atoms with E-state index in [-0.39, 0.29) is 37.5 Å². The van der Waals surface area contributed by atoms with Crippen LogP contribution in [0.3, 0.4) is 0 Å². The molecule has 15 heteroatoms. The molecule has 0 aliphatic rings. The summed E-state index contributed by atoms with van der Waals surface area (Å²) in [4.78, 5) is 15.4. The summed E-state index contributed by atoms with van der Waals surface area (Å²) in [5.41, 5.74) is -5.17. The van der Waals surface area contributed by atoms with Crippen LogP contribution in [0, 0.1) is 61.7 Å². The number of halogens is 4. The number of sulfonamides is 1. The number of amides is 1. The average Bonchev–Trinajstić information content (AvgIpc) is 3.28. The Morgan fingerprint density at radius 1 is 0.896 bits per heavy atom. The summed E-state index contributed by atoms with van der Waals surface area (Å²) in [6, 6.07) is 12.0. The molecule has 0 saturated carbocycles. The van der Waals surface area contributed by atoms with Crippen LogP contribution < -0.4 is 15.2 Å². The van der Waals surface area contributed by atoms with Crippen LogP contribution in [-0.2, 0) is 14.8 Å². The highest BCUT2D eigenvalue weighted by molar-refractivity contribution is 8.24. The zero-order valence-electron chi connectivity index (χ0n) is 42.7. The highest BCUT2D eigenvalue weighted by atomic mass is 32.2. The predicted molar refractivity (Wildman–Crippen MR) is 272 cm³/mol. The minimum absolute atomic E-state index is 0.00321. The molecule has 0 spiro atoms. The van der Waals surface area contributed by atoms with Crippen molar-refractivity contribution in [2.45, 2.75) is 151 Å². The number of carbonyl (C=O) groups is 1. The Balaban J connectivity index is 3.02. The van der Waals surface area contributed by atoms with E-state index in [9.17, 15) is 13.7 Å². The average molecular weight is 998 g/mol. The van der Waals surface area contributed by atoms with Gasteiger partial charge in [-0.2, -0.15) is 14.0 Å². The highest BCUT2D eigenvalue weighted by Gasteiger charge is 2.60. The van der Waals surface area contributed by atoms with Crippen molar-refractivity contribution in [3.8, 4) is 11.8 Å². The van der Waals surface area contributed by atoms with Gasteiger partial charge in [-0.05, 0) is 100 Å². The second-order valence-electron chi connectivity index (χ2n) is 20.7. The van der Waals surface area contributed by atoms with E-state index in [1.165, 1.54) is 17.8 Å². The SMILES string of the molecule is C=CCCOc1c(F)c(F)c(C(CC(C)(CC)C(C)(C)C#N)C(CC)(CC)C(C)(CC)CC(C)(C(=O)NCCC[N+](C)(C)CCCS(N)(=O)=O)C(C)(CC)SC(=S)c2ccccc2)c(F)c1F. The normalized spacial score (nSPS) is 16.7. The minimum atomic E-state index is -3.60. The second-order valence-corrected chi connectivity index (χ2v) is 24.6. The molecule has 8 nitrogen and oxygen atoms in total. The van der Waals surface area contributed by atoms with Crippen LogP contribution in [0.2, 0.25) is 0 Å². The van der Waals surface area contributed by atoms with Gasteiger partial charge in [0.1, 0.15) is 0 Å². The number of thiocarbonyl (C=S) groups is 1. The van der Waals surface area contributed by atoms with Gasteiger partial charge >= 0.3 is 0 Å². The summed E-state index contributed by atoms with van der Waals surface area (Å²) in [6.45, 7) is 26.1. The third-order valence-corrected chi connectivity index (χ3v) is 19.1. The summed E-state index contributed by atoms with van der Waals surface area (Å²) in [6.07, 6.45) is 4.73. The number of primary sulfonamides is 1. The van der Waals surface area contributed by atoms with Crippen LogP contribution in [0.1, 0.15) is 157 Å². The third kappa shape index (κ3) is 13.6. The molecule has 67 heavy (non-hydrogen) atoms. The van der Waals surface area contributed by atoms with Crippen LogP contribution >= 0.6 is 24.0 Å². The molecule has 2 aromatic carbocycles. The van der Waals surface area contributed by atoms with Crippen molar-refractivity contribution in [1.82, 2.24) is 5.32 Å². The molecule has 0 bridgehead atoms. The first-order valence-corrected chi connectivity index (χ1v) is 26.8. The van der Waals surface area contributed by atoms with E-state index in [1.807, 2.05) is 107 Å². The van der Waals surface area contributed by atoms with Gasteiger partial charge in [-0.15, -0.1) is 18.3 Å². The first-order chi connectivity index (χ1) is 31.0. The fraction of sp³-hybridized carbons (Fsp3) is 0.673. The number of benzene rings is 2. The Hall–Kier alpha value is -3.03. The molecule has 0 aliphatic heterocycles. The molecule has 378 valence electrons. The lowest BCUT2D eigenvalue weighted by molar-refractivity contribution is -0.890. The molecule has 0 aromatic heterocycles. The number of quaternary nitrogens is 1. The maximum atomic E-state index is 17.1. The Bertz CT molecular complexity index is 2140. The predicted octanol–water partition coefficient (Wildman–Crippen LogP) is 12.8. The molecule has 0 fully saturated rings. The molecule has 2 aromatic rings. The Labute approximate surface area is 411 Å². The Morgan fingerprint density at radius 3 is 1.90 bits per heavy atom. The third-order valence-electron chi connectivity index (χ3n) is 16.1. The van der Waals surface area contributed by atoms with Gasteiger partial charge in [-0.3, -0.25) is 4.79 Å². The summed E-state index contributed by atoms with van der Waals surface area (Å²) >= 11 is 7.54. The van der Waals surface area contributed by atoms with E-state index >= 15 is 22.4 Å². The van der Waals surface area contributed by atoms with Crippen molar-refractivity contribution in [1.29, 1.82) is 5.26 Å². The zero-order valence-corrected chi connectivity index (χ0v) is 45.1. The fourth-order valence-electron chi connectivity index (χ4n) is 10.4. The summed E-state index contributed by atoms with van der Waals surface area (Å²) < 4.78 is 95.7. The van der Waals surface area contributed by atoms with Crippen LogP contribution in [0.15, 0.2) is 43.0 Å². The lowest BCUT2D eigenvalue weighted by Gasteiger charge is -2.59. The van der Waals surface area contributed by atoms with E-state index in [0.29, 0.717) is 73.3 Å². The molecule has 5 unspecified atom stereocenters. The van der Waals surface area contributed by atoms with E-state index in [4.69, 9.17) is 22.1 Å². The van der Waals surface area contributed by atoms with Crippen molar-refractivity contribution in [2.75, 3.05) is 46.1 Å². The van der Waals surface area contributed by atoms with E-state index < -0.39 is 82.3 Å². The number of carbonyl (C=O) groups excluding carboxylic acids is 1. The molecular weight excluding hydrogens is 917 g/mol. The summed E-state index contributed by atoms with van der Waals surface area (Å²) in [7, 11) is 0.396. The Kier molecular flexibility index (Phi) is 21.7. The summed E-state index contributed by atoms with van der Waals surface area (Å²) in [5.74, 6) is -9.01. The van der Waals surface area contributed by atoms with Gasteiger partial charge in [-0.25, -0.2) is 22.3 Å². The van der Waals surface area contributed by atoms with Gasteiger partial charge < -0.3 is 14.5 Å². The number of ether oxygens (including phenoxy) is 1. The minimum Gasteiger partial charge on any atom is -0.487 e. The molecule has 0 heterocycles. The smallest absolute Gasteiger partial charge is 0.227 e. The molecule has 0 aliphatic carbocycles. The van der Waals surface area contributed by atoms with Gasteiger partial charge in [0.15, 0.2) is 17.4 Å². The van der Waals surface area contributed by atoms with Gasteiger partial charge in [0.25, 0.3) is 0 Å². The second kappa shape index (κ2) is 24.2. The lowest BCUT2D eigenvalue weighted by atomic mass is 9.46. The molecule has 2 rings (SSSR count). The molecule has 0 radical (unpaired) electrons. The largest absolute Gasteiger partial charge is 0.487 e. The first kappa shape index (κ1) is 60.1. The van der Waals surface area contributed by atoms with Crippen molar-refractivity contribution in [3.05, 3.63) is 77.4 Å². The van der Waals surface area contributed by atoms with Crippen LogP contribution in [0.25, 0.3) is 0 Å². The van der Waals surface area contributed by atoms with Crippen molar-refractivity contribution >= 4 is 44.1 Å². The number of hydrogen-bond donors (Lipinski definition) is 2. The van der Waals surface area contributed by atoms with Crippen molar-refractivity contribution in [3.63, 3.8) is 0 Å². The topological polar surface area (TPSA) is 122 Å². The van der Waals surface area contributed by atoms with Gasteiger partial charge in [-0.1, -0.05) is 104 Å². The van der Waals surface area contributed by atoms with Crippen LogP contribution in [0.5, 0.6) is 5.75 Å². The summed E-state index contributed by atoms with van der Waals surface area (Å²) in [5, 5.41) is 19.1. The monoisotopic (exact) mass is 998 g/mol. The van der Waals surface area contributed by atoms with E-state index in [2.05, 4.69) is 18.0 Å². The maximum Gasteiger partial charge on any atom is 0.227 e.